The number of Topliss-reactive ketones (excluding diaryl/α,β-unsaturated/α-hetero) is 1. The number of benzene rings is 1. The van der Waals surface area contributed by atoms with Crippen LogP contribution in [0, 0.1) is 16.7 Å². The lowest BCUT2D eigenvalue weighted by molar-refractivity contribution is -0.126. The molecule has 1 N–H and O–H groups in total. The highest BCUT2D eigenvalue weighted by Gasteiger charge is 2.59. The van der Waals surface area contributed by atoms with E-state index in [1.54, 1.807) is 0 Å². The summed E-state index contributed by atoms with van der Waals surface area (Å²) in [6, 6.07) is 9.91. The molecular weight excluding hydrogens is 248 g/mol. The summed E-state index contributed by atoms with van der Waals surface area (Å²) in [6.07, 6.45) is 2.57. The Hall–Kier alpha value is -1.64. The zero-order valence-corrected chi connectivity index (χ0v) is 12.4. The maximum absolute atomic E-state index is 12.3. The van der Waals surface area contributed by atoms with Crippen molar-refractivity contribution in [3.8, 4) is 0 Å². The number of carbonyl (C=O) groups is 1. The molecule has 2 atom stereocenters. The van der Waals surface area contributed by atoms with Gasteiger partial charge in [-0.05, 0) is 30.4 Å². The maximum Gasteiger partial charge on any atom is 0.142 e. The molecule has 2 aliphatic carbocycles. The normalized spacial score (nSPS) is 33.5. The van der Waals surface area contributed by atoms with E-state index >= 15 is 0 Å². The number of nitrogens with one attached hydrogen (secondary N) is 1. The molecule has 3 heteroatoms. The van der Waals surface area contributed by atoms with Gasteiger partial charge in [0.2, 0.25) is 0 Å². The van der Waals surface area contributed by atoms with E-state index in [0.717, 1.165) is 24.2 Å². The number of para-hydroxylation sites is 1. The van der Waals surface area contributed by atoms with Gasteiger partial charge in [-0.1, -0.05) is 39.0 Å². The van der Waals surface area contributed by atoms with Gasteiger partial charge >= 0.3 is 0 Å². The van der Waals surface area contributed by atoms with Gasteiger partial charge in [0.05, 0.1) is 11.4 Å². The maximum atomic E-state index is 12.3. The third-order valence-corrected chi connectivity index (χ3v) is 5.69. The Bertz CT molecular complexity index is 562. The highest BCUT2D eigenvalue weighted by atomic mass is 16.1. The Morgan fingerprint density at radius 2 is 1.90 bits per heavy atom. The van der Waals surface area contributed by atoms with Crippen molar-refractivity contribution < 1.29 is 4.79 Å². The van der Waals surface area contributed by atoms with Gasteiger partial charge in [-0.3, -0.25) is 10.2 Å². The molecule has 20 heavy (non-hydrogen) atoms. The van der Waals surface area contributed by atoms with Crippen LogP contribution in [-0.2, 0) is 4.79 Å². The first-order valence-electron chi connectivity index (χ1n) is 7.36. The van der Waals surface area contributed by atoms with Crippen LogP contribution in [0.1, 0.15) is 40.0 Å². The van der Waals surface area contributed by atoms with E-state index in [0.29, 0.717) is 12.2 Å². The van der Waals surface area contributed by atoms with Crippen LogP contribution in [0.15, 0.2) is 35.4 Å². The van der Waals surface area contributed by atoms with Gasteiger partial charge in [-0.2, -0.15) is 5.10 Å². The van der Waals surface area contributed by atoms with Crippen LogP contribution < -0.4 is 5.43 Å². The average Bonchev–Trinajstić information content (AvgIpc) is 2.58. The number of hydrogen-bond acceptors (Lipinski definition) is 3. The van der Waals surface area contributed by atoms with Crippen molar-refractivity contribution in [2.24, 2.45) is 21.8 Å². The topological polar surface area (TPSA) is 41.5 Å². The third kappa shape index (κ3) is 1.80. The molecule has 0 heterocycles. The second-order valence-corrected chi connectivity index (χ2v) is 6.82. The Labute approximate surface area is 120 Å². The molecule has 3 nitrogen and oxygen atoms in total. The highest BCUT2D eigenvalue weighted by molar-refractivity contribution is 6.10. The minimum Gasteiger partial charge on any atom is -0.299 e. The fourth-order valence-corrected chi connectivity index (χ4v) is 3.87. The minimum absolute atomic E-state index is 0.0134. The van der Waals surface area contributed by atoms with Crippen LogP contribution in [0.2, 0.25) is 0 Å². The first-order valence-corrected chi connectivity index (χ1v) is 7.36. The SMILES string of the molecule is CC1(C)C2CC[C@]1(C)C(=NNc1ccccc1)CC2=O. The summed E-state index contributed by atoms with van der Waals surface area (Å²) in [4.78, 5) is 12.3. The van der Waals surface area contributed by atoms with Crippen molar-refractivity contribution in [1.82, 2.24) is 0 Å². The van der Waals surface area contributed by atoms with E-state index in [1.165, 1.54) is 0 Å². The molecule has 0 spiro atoms. The van der Waals surface area contributed by atoms with Crippen LogP contribution in [0.5, 0.6) is 0 Å². The van der Waals surface area contributed by atoms with Crippen molar-refractivity contribution in [2.75, 3.05) is 5.43 Å². The fourth-order valence-electron chi connectivity index (χ4n) is 3.87. The summed E-state index contributed by atoms with van der Waals surface area (Å²) in [5.41, 5.74) is 5.15. The number of rotatable bonds is 2. The number of hydrazone groups is 1. The van der Waals surface area contributed by atoms with E-state index in [9.17, 15) is 4.79 Å². The molecule has 106 valence electrons. The van der Waals surface area contributed by atoms with Crippen LogP contribution in [-0.4, -0.2) is 11.5 Å². The number of anilines is 1. The van der Waals surface area contributed by atoms with Crippen LogP contribution >= 0.6 is 0 Å². The molecule has 3 rings (SSSR count). The largest absolute Gasteiger partial charge is 0.299 e. The van der Waals surface area contributed by atoms with Gasteiger partial charge in [-0.25, -0.2) is 0 Å². The lowest BCUT2D eigenvalue weighted by Crippen LogP contribution is -2.48. The molecular formula is C17H22N2O. The molecule has 0 saturated heterocycles. The van der Waals surface area contributed by atoms with Gasteiger partial charge in [0.15, 0.2) is 0 Å². The van der Waals surface area contributed by atoms with Crippen LogP contribution in [0.4, 0.5) is 5.69 Å². The molecule has 0 amide bonds. The highest BCUT2D eigenvalue weighted by Crippen LogP contribution is 2.60. The first-order chi connectivity index (χ1) is 9.45. The molecule has 1 unspecified atom stereocenters. The number of ketones is 1. The van der Waals surface area contributed by atoms with E-state index in [1.807, 2.05) is 30.3 Å². The Morgan fingerprint density at radius 3 is 2.60 bits per heavy atom. The number of carbonyl (C=O) groups excluding carboxylic acids is 1. The van der Waals surface area contributed by atoms with E-state index in [-0.39, 0.29) is 16.7 Å². The minimum atomic E-state index is 0.0134. The summed E-state index contributed by atoms with van der Waals surface area (Å²) in [7, 11) is 0. The monoisotopic (exact) mass is 270 g/mol. The predicted molar refractivity (Wildman–Crippen MR) is 81.7 cm³/mol. The molecule has 2 bridgehead atoms. The summed E-state index contributed by atoms with van der Waals surface area (Å²) in [5.74, 6) is 0.571. The molecule has 1 aromatic carbocycles. The fraction of sp³-hybridized carbons (Fsp3) is 0.529. The Morgan fingerprint density at radius 1 is 1.20 bits per heavy atom. The first kappa shape index (κ1) is 13.3. The predicted octanol–water partition coefficient (Wildman–Crippen LogP) is 3.87. The molecule has 2 aliphatic rings. The van der Waals surface area contributed by atoms with Crippen molar-refractivity contribution in [2.45, 2.75) is 40.0 Å². The van der Waals surface area contributed by atoms with E-state index < -0.39 is 0 Å². The molecule has 2 saturated carbocycles. The summed E-state index contributed by atoms with van der Waals surface area (Å²) < 4.78 is 0. The summed E-state index contributed by atoms with van der Waals surface area (Å²) >= 11 is 0. The van der Waals surface area contributed by atoms with Gasteiger partial charge in [0, 0.05) is 17.8 Å². The second kappa shape index (κ2) is 4.44. The molecule has 1 aromatic rings. The van der Waals surface area contributed by atoms with Gasteiger partial charge in [0.1, 0.15) is 5.78 Å². The standard InChI is InChI=1S/C17H22N2O/c1-16(2)13-9-10-17(16,3)15(11-14(13)20)19-18-12-7-5-4-6-8-12/h4-8,13,18H,9-11H2,1-3H3/t13?,17-/m1/s1. The van der Waals surface area contributed by atoms with Crippen molar-refractivity contribution in [1.29, 1.82) is 0 Å². The van der Waals surface area contributed by atoms with Gasteiger partial charge in [0.25, 0.3) is 0 Å². The average molecular weight is 270 g/mol. The van der Waals surface area contributed by atoms with Crippen molar-refractivity contribution in [3.63, 3.8) is 0 Å². The Balaban J connectivity index is 1.91. The number of hydrogen-bond donors (Lipinski definition) is 1. The molecule has 0 aliphatic heterocycles. The zero-order valence-electron chi connectivity index (χ0n) is 12.4. The number of nitrogens with zero attached hydrogens (tertiary/aromatic N) is 1. The number of fused-ring (bicyclic) bond motifs is 2. The van der Waals surface area contributed by atoms with Crippen molar-refractivity contribution in [3.05, 3.63) is 30.3 Å². The van der Waals surface area contributed by atoms with E-state index in [4.69, 9.17) is 0 Å². The molecule has 0 aromatic heterocycles. The lowest BCUT2D eigenvalue weighted by atomic mass is 9.58. The quantitative estimate of drug-likeness (QED) is 0.829. The lowest BCUT2D eigenvalue weighted by Gasteiger charge is -2.45. The van der Waals surface area contributed by atoms with Gasteiger partial charge < -0.3 is 0 Å². The van der Waals surface area contributed by atoms with Crippen molar-refractivity contribution >= 4 is 17.2 Å². The van der Waals surface area contributed by atoms with E-state index in [2.05, 4.69) is 31.3 Å². The zero-order chi connectivity index (χ0) is 14.4. The molecule has 2 fully saturated rings. The van der Waals surface area contributed by atoms with Crippen LogP contribution in [0.25, 0.3) is 0 Å². The summed E-state index contributed by atoms with van der Waals surface area (Å²) in [5, 5.41) is 4.60. The smallest absolute Gasteiger partial charge is 0.142 e. The van der Waals surface area contributed by atoms with Crippen LogP contribution in [0.3, 0.4) is 0 Å². The second-order valence-electron chi connectivity index (χ2n) is 6.82. The summed E-state index contributed by atoms with van der Waals surface area (Å²) in [6.45, 7) is 6.71. The Kier molecular flexibility index (Phi) is 2.96. The third-order valence-electron chi connectivity index (χ3n) is 5.69. The van der Waals surface area contributed by atoms with Gasteiger partial charge in [-0.15, -0.1) is 0 Å². The molecule has 0 radical (unpaired) electrons.